The molecule has 0 spiro atoms. The third-order valence-electron chi connectivity index (χ3n) is 6.08. The van der Waals surface area contributed by atoms with Crippen LogP contribution < -0.4 is 0 Å². The zero-order valence-corrected chi connectivity index (χ0v) is 16.3. The number of hydrogen-bond donors (Lipinski definition) is 1. The summed E-state index contributed by atoms with van der Waals surface area (Å²) in [6.07, 6.45) is 4.22. The Morgan fingerprint density at radius 2 is 1.76 bits per heavy atom. The summed E-state index contributed by atoms with van der Waals surface area (Å²) >= 11 is 0. The van der Waals surface area contributed by atoms with E-state index in [0.717, 1.165) is 32.4 Å². The van der Waals surface area contributed by atoms with Crippen LogP contribution >= 0.6 is 0 Å². The molecule has 0 atom stereocenters. The summed E-state index contributed by atoms with van der Waals surface area (Å²) in [4.78, 5) is 2.33. The summed E-state index contributed by atoms with van der Waals surface area (Å²) in [6, 6.07) is 6.78. The van der Waals surface area contributed by atoms with Crippen LogP contribution in [-0.2, 0) is 16.3 Å². The van der Waals surface area contributed by atoms with E-state index in [1.54, 1.807) is 0 Å². The quantitative estimate of drug-likeness (QED) is 0.891. The fourth-order valence-corrected chi connectivity index (χ4v) is 5.69. The maximum atomic E-state index is 11.6. The number of β-amino-alcohol motifs (C(OH)–C–C–N with tert-alkyl or cyclic N) is 1. The van der Waals surface area contributed by atoms with Gasteiger partial charge >= 0.3 is 0 Å². The molecule has 2 aliphatic rings. The zero-order valence-electron chi connectivity index (χ0n) is 15.5. The molecule has 25 heavy (non-hydrogen) atoms. The van der Waals surface area contributed by atoms with Crippen LogP contribution in [0.1, 0.15) is 42.4 Å². The molecule has 5 heteroatoms. The lowest BCUT2D eigenvalue weighted by atomic mass is 9.88. The van der Waals surface area contributed by atoms with Crippen LogP contribution in [0.15, 0.2) is 18.2 Å². The number of nitrogens with zero attached hydrogens (tertiary/aromatic N) is 1. The maximum absolute atomic E-state index is 11.6. The minimum Gasteiger partial charge on any atom is -0.388 e. The second-order valence-electron chi connectivity index (χ2n) is 8.22. The topological polar surface area (TPSA) is 57.6 Å². The van der Waals surface area contributed by atoms with Gasteiger partial charge in [0.2, 0.25) is 0 Å². The first-order chi connectivity index (χ1) is 11.7. The highest BCUT2D eigenvalue weighted by atomic mass is 32.2. The van der Waals surface area contributed by atoms with Crippen molar-refractivity contribution in [3.63, 3.8) is 0 Å². The van der Waals surface area contributed by atoms with Crippen LogP contribution in [0.25, 0.3) is 0 Å². The summed E-state index contributed by atoms with van der Waals surface area (Å²) in [5, 5.41) is 10.7. The molecule has 1 N–H and O–H groups in total. The zero-order chi connectivity index (χ0) is 18.1. The number of aliphatic hydroxyl groups is 1. The van der Waals surface area contributed by atoms with Gasteiger partial charge in [-0.1, -0.05) is 18.2 Å². The number of piperidine rings is 1. The molecule has 0 bridgehead atoms. The van der Waals surface area contributed by atoms with E-state index in [9.17, 15) is 13.5 Å². The van der Waals surface area contributed by atoms with E-state index in [1.807, 2.05) is 0 Å². The number of sulfone groups is 1. The Labute approximate surface area is 152 Å². The highest BCUT2D eigenvalue weighted by Gasteiger charge is 2.37. The van der Waals surface area contributed by atoms with Gasteiger partial charge in [-0.3, -0.25) is 0 Å². The van der Waals surface area contributed by atoms with Gasteiger partial charge in [0.1, 0.15) is 0 Å². The average Bonchev–Trinajstić information content (AvgIpc) is 2.56. The van der Waals surface area contributed by atoms with E-state index < -0.39 is 15.4 Å². The highest BCUT2D eigenvalue weighted by molar-refractivity contribution is 7.91. The van der Waals surface area contributed by atoms with Crippen LogP contribution in [0, 0.1) is 19.8 Å². The van der Waals surface area contributed by atoms with Crippen molar-refractivity contribution in [1.29, 1.82) is 0 Å². The fraction of sp³-hybridized carbons (Fsp3) is 0.700. The van der Waals surface area contributed by atoms with Crippen LogP contribution in [-0.4, -0.2) is 55.2 Å². The van der Waals surface area contributed by atoms with Crippen molar-refractivity contribution in [2.45, 2.75) is 51.6 Å². The Bertz CT molecular complexity index is 692. The van der Waals surface area contributed by atoms with E-state index >= 15 is 0 Å². The van der Waals surface area contributed by atoms with Gasteiger partial charge in [0.15, 0.2) is 9.84 Å². The van der Waals surface area contributed by atoms with Gasteiger partial charge in [0, 0.05) is 6.54 Å². The van der Waals surface area contributed by atoms with Crippen LogP contribution in [0.4, 0.5) is 0 Å². The van der Waals surface area contributed by atoms with E-state index in [2.05, 4.69) is 36.9 Å². The molecule has 1 aromatic carbocycles. The molecule has 0 aliphatic carbocycles. The first-order valence-electron chi connectivity index (χ1n) is 9.46. The molecule has 2 saturated heterocycles. The van der Waals surface area contributed by atoms with Crippen molar-refractivity contribution >= 4 is 9.84 Å². The molecule has 0 saturated carbocycles. The monoisotopic (exact) mass is 365 g/mol. The Morgan fingerprint density at radius 3 is 2.36 bits per heavy atom. The second kappa shape index (κ2) is 7.37. The maximum Gasteiger partial charge on any atom is 0.150 e. The summed E-state index contributed by atoms with van der Waals surface area (Å²) in [7, 11) is -2.92. The third-order valence-corrected chi connectivity index (χ3v) is 7.73. The van der Waals surface area contributed by atoms with Crippen molar-refractivity contribution in [1.82, 2.24) is 4.90 Å². The van der Waals surface area contributed by atoms with E-state index in [4.69, 9.17) is 0 Å². The van der Waals surface area contributed by atoms with Gasteiger partial charge in [0.25, 0.3) is 0 Å². The Kier molecular flexibility index (Phi) is 5.57. The molecule has 3 rings (SSSR count). The smallest absolute Gasteiger partial charge is 0.150 e. The lowest BCUT2D eigenvalue weighted by Crippen LogP contribution is -2.50. The van der Waals surface area contributed by atoms with Gasteiger partial charge in [-0.2, -0.15) is 0 Å². The summed E-state index contributed by atoms with van der Waals surface area (Å²) in [5.74, 6) is 0.971. The molecule has 2 aliphatic heterocycles. The molecule has 2 fully saturated rings. The highest BCUT2D eigenvalue weighted by Crippen LogP contribution is 2.28. The minimum absolute atomic E-state index is 0.132. The number of benzene rings is 1. The lowest BCUT2D eigenvalue weighted by molar-refractivity contribution is -0.0129. The van der Waals surface area contributed by atoms with Crippen molar-refractivity contribution in [2.24, 2.45) is 5.92 Å². The normalized spacial score (nSPS) is 24.3. The lowest BCUT2D eigenvalue weighted by Gasteiger charge is -2.39. The van der Waals surface area contributed by atoms with Crippen molar-refractivity contribution in [3.05, 3.63) is 34.9 Å². The first kappa shape index (κ1) is 18.9. The minimum atomic E-state index is -2.92. The van der Waals surface area contributed by atoms with E-state index in [-0.39, 0.29) is 11.5 Å². The predicted molar refractivity (Wildman–Crippen MR) is 102 cm³/mol. The van der Waals surface area contributed by atoms with Gasteiger partial charge in [-0.05, 0) is 81.6 Å². The molecule has 2 heterocycles. The van der Waals surface area contributed by atoms with Crippen molar-refractivity contribution in [3.8, 4) is 0 Å². The van der Waals surface area contributed by atoms with Crippen LogP contribution in [0.2, 0.25) is 0 Å². The Morgan fingerprint density at radius 1 is 1.12 bits per heavy atom. The first-order valence-corrected chi connectivity index (χ1v) is 11.3. The number of aryl methyl sites for hydroxylation is 2. The molecule has 140 valence electrons. The number of hydrogen-bond acceptors (Lipinski definition) is 4. The van der Waals surface area contributed by atoms with Crippen molar-refractivity contribution in [2.75, 3.05) is 31.1 Å². The molecule has 0 aromatic heterocycles. The molecular formula is C20H31NO3S. The Hall–Kier alpha value is -0.910. The Balaban J connectivity index is 1.48. The molecular weight excluding hydrogens is 334 g/mol. The van der Waals surface area contributed by atoms with Crippen LogP contribution in [0.5, 0.6) is 0 Å². The van der Waals surface area contributed by atoms with Crippen LogP contribution in [0.3, 0.4) is 0 Å². The molecule has 1 aromatic rings. The average molecular weight is 366 g/mol. The summed E-state index contributed by atoms with van der Waals surface area (Å²) in [6.45, 7) is 6.96. The molecule has 0 amide bonds. The molecule has 0 radical (unpaired) electrons. The second-order valence-corrected chi connectivity index (χ2v) is 10.5. The standard InChI is InChI=1S/C20H31NO3S/c1-16-3-4-19(13-17(16)2)14-18-5-9-21(10-6-18)15-20(22)7-11-25(23,24)12-8-20/h3-4,13,18,22H,5-12,14-15H2,1-2H3. The largest absolute Gasteiger partial charge is 0.388 e. The fourth-order valence-electron chi connectivity index (χ4n) is 4.10. The third kappa shape index (κ3) is 5.05. The van der Waals surface area contributed by atoms with Gasteiger partial charge in [-0.25, -0.2) is 8.42 Å². The van der Waals surface area contributed by atoms with E-state index in [0.29, 0.717) is 25.3 Å². The summed E-state index contributed by atoms with van der Waals surface area (Å²) < 4.78 is 23.1. The van der Waals surface area contributed by atoms with Gasteiger partial charge in [0.05, 0.1) is 17.1 Å². The number of likely N-dealkylation sites (tertiary alicyclic amines) is 1. The molecule has 0 unspecified atom stereocenters. The number of rotatable bonds is 4. The SMILES string of the molecule is Cc1ccc(CC2CCN(CC3(O)CCS(=O)(=O)CC3)CC2)cc1C. The van der Waals surface area contributed by atoms with Crippen molar-refractivity contribution < 1.29 is 13.5 Å². The molecule has 4 nitrogen and oxygen atoms in total. The van der Waals surface area contributed by atoms with Gasteiger partial charge < -0.3 is 10.0 Å². The summed E-state index contributed by atoms with van der Waals surface area (Å²) in [5.41, 5.74) is 3.33. The predicted octanol–water partition coefficient (Wildman–Crippen LogP) is 2.50. The van der Waals surface area contributed by atoms with Gasteiger partial charge in [-0.15, -0.1) is 0 Å². The van der Waals surface area contributed by atoms with E-state index in [1.165, 1.54) is 16.7 Å².